The van der Waals surface area contributed by atoms with Gasteiger partial charge >= 0.3 is 0 Å². The van der Waals surface area contributed by atoms with Crippen molar-refractivity contribution in [1.82, 2.24) is 9.66 Å². The molecule has 0 radical (unpaired) electrons. The summed E-state index contributed by atoms with van der Waals surface area (Å²) in [6.45, 7) is 3.70. The summed E-state index contributed by atoms with van der Waals surface area (Å²) in [6, 6.07) is 9.79. The van der Waals surface area contributed by atoms with Gasteiger partial charge in [-0.2, -0.15) is 9.78 Å². The first-order valence-corrected chi connectivity index (χ1v) is 6.16. The van der Waals surface area contributed by atoms with Crippen molar-refractivity contribution in [3.8, 4) is 11.4 Å². The zero-order valence-electron chi connectivity index (χ0n) is 10.8. The van der Waals surface area contributed by atoms with Crippen molar-refractivity contribution in [1.29, 1.82) is 0 Å². The summed E-state index contributed by atoms with van der Waals surface area (Å²) in [4.78, 5) is 16.2. The summed E-state index contributed by atoms with van der Waals surface area (Å²) < 4.78 is 1.69. The molecule has 2 heterocycles. The third-order valence-electron chi connectivity index (χ3n) is 3.30. The van der Waals surface area contributed by atoms with Gasteiger partial charge in [0.1, 0.15) is 0 Å². The van der Waals surface area contributed by atoms with Crippen molar-refractivity contribution in [2.24, 2.45) is 11.0 Å². The van der Waals surface area contributed by atoms with Gasteiger partial charge in [0.05, 0.1) is 12.1 Å². The summed E-state index contributed by atoms with van der Waals surface area (Å²) in [7, 11) is 0. The zero-order chi connectivity index (χ0) is 13.4. The highest BCUT2D eigenvalue weighted by molar-refractivity contribution is 6.08. The number of carbonyl (C=O) groups is 1. The molecule has 1 atom stereocenters. The lowest BCUT2D eigenvalue weighted by molar-refractivity contribution is -0.117. The first-order valence-electron chi connectivity index (χ1n) is 6.16. The van der Waals surface area contributed by atoms with E-state index in [1.54, 1.807) is 10.9 Å². The van der Waals surface area contributed by atoms with E-state index in [0.29, 0.717) is 5.82 Å². The average Bonchev–Trinajstić information content (AvgIpc) is 2.77. The molecule has 1 aliphatic heterocycles. The van der Waals surface area contributed by atoms with E-state index >= 15 is 0 Å². The van der Waals surface area contributed by atoms with Gasteiger partial charge in [-0.1, -0.05) is 30.3 Å². The van der Waals surface area contributed by atoms with E-state index in [2.05, 4.69) is 15.4 Å². The Hall–Kier alpha value is -2.43. The molecule has 0 bridgehead atoms. The van der Waals surface area contributed by atoms with Gasteiger partial charge in [0, 0.05) is 11.3 Å². The number of benzene rings is 1. The Labute approximate surface area is 111 Å². The number of hydrogen-bond donors (Lipinski definition) is 1. The van der Waals surface area contributed by atoms with E-state index in [1.807, 2.05) is 44.2 Å². The molecule has 0 saturated carbocycles. The Balaban J connectivity index is 2.16. The molecule has 1 amide bonds. The van der Waals surface area contributed by atoms with Crippen molar-refractivity contribution in [3.63, 3.8) is 0 Å². The van der Waals surface area contributed by atoms with Gasteiger partial charge in [0.25, 0.3) is 0 Å². The Morgan fingerprint density at radius 1 is 1.26 bits per heavy atom. The summed E-state index contributed by atoms with van der Waals surface area (Å²) in [5.41, 5.74) is 1.74. The maximum Gasteiger partial charge on any atom is 0.234 e. The van der Waals surface area contributed by atoms with Crippen LogP contribution in [-0.4, -0.2) is 21.3 Å². The van der Waals surface area contributed by atoms with Crippen molar-refractivity contribution in [2.75, 3.05) is 5.32 Å². The quantitative estimate of drug-likeness (QED) is 0.849. The fraction of sp³-hybridized carbons (Fsp3) is 0.214. The molecule has 0 fully saturated rings. The topological polar surface area (TPSA) is 59.3 Å². The van der Waals surface area contributed by atoms with Gasteiger partial charge in [0.15, 0.2) is 11.6 Å². The largest absolute Gasteiger partial charge is 0.309 e. The number of carbonyl (C=O) groups excluding carboxylic acids is 1. The second-order valence-electron chi connectivity index (χ2n) is 4.60. The molecule has 2 aromatic rings. The van der Waals surface area contributed by atoms with Crippen LogP contribution in [0, 0.1) is 5.92 Å². The third-order valence-corrected chi connectivity index (χ3v) is 3.30. The fourth-order valence-electron chi connectivity index (χ4n) is 1.98. The van der Waals surface area contributed by atoms with E-state index in [-0.39, 0.29) is 11.8 Å². The summed E-state index contributed by atoms with van der Waals surface area (Å²) in [5.74, 6) is 1.04. The predicted molar refractivity (Wildman–Crippen MR) is 74.0 cm³/mol. The molecule has 5 heteroatoms. The highest BCUT2D eigenvalue weighted by atomic mass is 16.2. The summed E-state index contributed by atoms with van der Waals surface area (Å²) in [6.07, 6.45) is 1.63. The van der Waals surface area contributed by atoms with Crippen molar-refractivity contribution < 1.29 is 4.79 Å². The molecule has 1 N–H and O–H groups in total. The number of imidazole rings is 1. The molecule has 1 unspecified atom stereocenters. The highest BCUT2D eigenvalue weighted by Crippen LogP contribution is 2.24. The van der Waals surface area contributed by atoms with E-state index in [1.165, 1.54) is 0 Å². The third kappa shape index (κ3) is 1.93. The van der Waals surface area contributed by atoms with E-state index in [4.69, 9.17) is 0 Å². The lowest BCUT2D eigenvalue weighted by Crippen LogP contribution is -2.23. The lowest BCUT2D eigenvalue weighted by atomic mass is 10.1. The number of aromatic nitrogens is 2. The first-order chi connectivity index (χ1) is 9.16. The van der Waals surface area contributed by atoms with Crippen LogP contribution in [0.25, 0.3) is 11.4 Å². The van der Waals surface area contributed by atoms with E-state index < -0.39 is 0 Å². The molecule has 3 rings (SSSR count). The zero-order valence-corrected chi connectivity index (χ0v) is 10.8. The number of nitrogens with zero attached hydrogens (tertiary/aromatic N) is 3. The van der Waals surface area contributed by atoms with E-state index in [9.17, 15) is 4.79 Å². The van der Waals surface area contributed by atoms with Gasteiger partial charge in [-0.05, 0) is 13.8 Å². The van der Waals surface area contributed by atoms with Gasteiger partial charge < -0.3 is 5.32 Å². The Morgan fingerprint density at radius 3 is 2.74 bits per heavy atom. The molecule has 0 spiro atoms. The molecular formula is C14H14N4O. The number of nitrogens with one attached hydrogen (secondary N) is 1. The highest BCUT2D eigenvalue weighted by Gasteiger charge is 2.23. The number of hydrogen-bond acceptors (Lipinski definition) is 3. The maximum atomic E-state index is 11.9. The monoisotopic (exact) mass is 254 g/mol. The molecule has 0 saturated heterocycles. The molecule has 5 nitrogen and oxygen atoms in total. The van der Waals surface area contributed by atoms with Crippen LogP contribution < -0.4 is 5.32 Å². The second-order valence-corrected chi connectivity index (χ2v) is 4.60. The summed E-state index contributed by atoms with van der Waals surface area (Å²) in [5, 5.41) is 7.33. The van der Waals surface area contributed by atoms with Gasteiger partial charge in [0.2, 0.25) is 5.91 Å². The molecule has 1 aliphatic rings. The molecule has 19 heavy (non-hydrogen) atoms. The van der Waals surface area contributed by atoms with Gasteiger partial charge in [-0.15, -0.1) is 0 Å². The number of rotatable bonds is 1. The van der Waals surface area contributed by atoms with Crippen LogP contribution in [0.2, 0.25) is 0 Å². The SMILES string of the molecule is CC1=Nn2c(cnc2-c2ccccc2)NC(=O)C1C. The van der Waals surface area contributed by atoms with Gasteiger partial charge in [-0.25, -0.2) is 4.98 Å². The van der Waals surface area contributed by atoms with Crippen LogP contribution in [0.5, 0.6) is 0 Å². The van der Waals surface area contributed by atoms with Crippen LogP contribution in [0.15, 0.2) is 41.6 Å². The summed E-state index contributed by atoms with van der Waals surface area (Å²) >= 11 is 0. The normalized spacial score (nSPS) is 18.3. The molecule has 96 valence electrons. The molecule has 1 aromatic heterocycles. The smallest absolute Gasteiger partial charge is 0.234 e. The molecular weight excluding hydrogens is 240 g/mol. The minimum Gasteiger partial charge on any atom is -0.309 e. The van der Waals surface area contributed by atoms with Crippen molar-refractivity contribution >= 4 is 17.4 Å². The van der Waals surface area contributed by atoms with Crippen molar-refractivity contribution in [3.05, 3.63) is 36.5 Å². The standard InChI is InChI=1S/C14H14N4O/c1-9-10(2)17-18-12(16-14(9)19)8-15-13(18)11-6-4-3-5-7-11/h3-9H,1-2H3,(H,16,19). The fourth-order valence-corrected chi connectivity index (χ4v) is 1.98. The van der Waals surface area contributed by atoms with Crippen LogP contribution in [0.1, 0.15) is 13.8 Å². The second kappa shape index (κ2) is 4.35. The maximum absolute atomic E-state index is 11.9. The van der Waals surface area contributed by atoms with Gasteiger partial charge in [-0.3, -0.25) is 4.79 Å². The Morgan fingerprint density at radius 2 is 2.00 bits per heavy atom. The lowest BCUT2D eigenvalue weighted by Gasteiger charge is -2.05. The number of fused-ring (bicyclic) bond motifs is 1. The average molecular weight is 254 g/mol. The predicted octanol–water partition coefficient (Wildman–Crippen LogP) is 2.36. The van der Waals surface area contributed by atoms with Crippen LogP contribution in [0.4, 0.5) is 5.82 Å². The Kier molecular flexibility index (Phi) is 2.67. The number of amides is 1. The van der Waals surface area contributed by atoms with E-state index in [0.717, 1.165) is 17.1 Å². The number of anilines is 1. The minimum atomic E-state index is -0.233. The minimum absolute atomic E-state index is 0.0560. The Bertz CT molecular complexity index is 657. The first kappa shape index (κ1) is 11.6. The van der Waals surface area contributed by atoms with Crippen LogP contribution in [-0.2, 0) is 4.79 Å². The van der Waals surface area contributed by atoms with Crippen LogP contribution in [0.3, 0.4) is 0 Å². The van der Waals surface area contributed by atoms with Crippen molar-refractivity contribution in [2.45, 2.75) is 13.8 Å². The molecule has 1 aromatic carbocycles. The molecule has 0 aliphatic carbocycles. The van der Waals surface area contributed by atoms with Crippen LogP contribution >= 0.6 is 0 Å².